The molecule has 0 saturated carbocycles. The molecule has 1 rings (SSSR count). The molecule has 0 saturated heterocycles. The van der Waals surface area contributed by atoms with E-state index in [9.17, 15) is 23.1 Å². The molecule has 0 aromatic heterocycles. The number of carbonyl (C=O) groups is 1. The summed E-state index contributed by atoms with van der Waals surface area (Å²) in [6.45, 7) is -0.470. The van der Waals surface area contributed by atoms with Gasteiger partial charge in [0, 0.05) is 6.54 Å². The van der Waals surface area contributed by atoms with Crippen molar-refractivity contribution in [1.82, 2.24) is 5.32 Å². The smallest absolute Gasteiger partial charge is 0.387 e. The van der Waals surface area contributed by atoms with Crippen LogP contribution in [0.5, 0.6) is 0 Å². The number of rotatable bonds is 3. The molecule has 1 aromatic carbocycles. The quantitative estimate of drug-likeness (QED) is 0.829. The van der Waals surface area contributed by atoms with Gasteiger partial charge in [-0.25, -0.2) is 0 Å². The predicted octanol–water partition coefficient (Wildman–Crippen LogP) is 1.40. The number of carbonyl (C=O) groups excluding carboxylic acids is 1. The fourth-order valence-electron chi connectivity index (χ4n) is 1.08. The Balaban J connectivity index is 2.48. The Hall–Kier alpha value is -1.56. The summed E-state index contributed by atoms with van der Waals surface area (Å²) in [5.74, 6) is -2.05. The first-order valence-electron chi connectivity index (χ1n) is 4.49. The number of nitrogens with one attached hydrogen (secondary N) is 1. The average molecular weight is 233 g/mol. The van der Waals surface area contributed by atoms with E-state index in [1.165, 1.54) is 0 Å². The molecule has 0 aliphatic carbocycles. The van der Waals surface area contributed by atoms with Crippen LogP contribution in [0.4, 0.5) is 13.2 Å². The molecule has 0 spiro atoms. The summed E-state index contributed by atoms with van der Waals surface area (Å²) in [4.78, 5) is 10.5. The van der Waals surface area contributed by atoms with Crippen molar-refractivity contribution in [3.05, 3.63) is 35.9 Å². The van der Waals surface area contributed by atoms with Crippen LogP contribution in [0.15, 0.2) is 30.3 Å². The molecule has 6 heteroatoms. The average Bonchev–Trinajstić information content (AvgIpc) is 2.25. The summed E-state index contributed by atoms with van der Waals surface area (Å²) >= 11 is 0. The van der Waals surface area contributed by atoms with Crippen LogP contribution in [0, 0.1) is 0 Å². The highest BCUT2D eigenvalue weighted by atomic mass is 19.4. The highest BCUT2D eigenvalue weighted by Crippen LogP contribution is 2.15. The van der Waals surface area contributed by atoms with Crippen molar-refractivity contribution in [1.29, 1.82) is 0 Å². The minimum Gasteiger partial charge on any atom is -0.387 e. The number of amides is 1. The third-order valence-electron chi connectivity index (χ3n) is 1.90. The lowest BCUT2D eigenvalue weighted by atomic mass is 10.1. The van der Waals surface area contributed by atoms with Gasteiger partial charge in [-0.05, 0) is 5.56 Å². The van der Waals surface area contributed by atoms with E-state index in [0.29, 0.717) is 5.56 Å². The molecule has 16 heavy (non-hydrogen) atoms. The maximum Gasteiger partial charge on any atom is 0.471 e. The molecule has 88 valence electrons. The first-order valence-corrected chi connectivity index (χ1v) is 4.49. The van der Waals surface area contributed by atoms with E-state index in [-0.39, 0.29) is 0 Å². The van der Waals surface area contributed by atoms with Crippen molar-refractivity contribution in [2.24, 2.45) is 0 Å². The van der Waals surface area contributed by atoms with Crippen LogP contribution < -0.4 is 5.32 Å². The Morgan fingerprint density at radius 1 is 1.31 bits per heavy atom. The van der Waals surface area contributed by atoms with E-state index in [0.717, 1.165) is 0 Å². The highest BCUT2D eigenvalue weighted by molar-refractivity contribution is 5.81. The zero-order valence-corrected chi connectivity index (χ0v) is 8.16. The number of benzene rings is 1. The molecule has 1 amide bonds. The van der Waals surface area contributed by atoms with Gasteiger partial charge >= 0.3 is 12.1 Å². The summed E-state index contributed by atoms with van der Waals surface area (Å²) in [6, 6.07) is 8.12. The Labute approximate surface area is 89.9 Å². The molecule has 3 nitrogen and oxygen atoms in total. The molecular formula is C10H10F3NO2. The Bertz CT molecular complexity index is 351. The second-order valence-electron chi connectivity index (χ2n) is 3.13. The topological polar surface area (TPSA) is 49.3 Å². The molecule has 1 atom stereocenters. The molecule has 0 aliphatic rings. The zero-order valence-electron chi connectivity index (χ0n) is 8.16. The molecule has 1 aromatic rings. The van der Waals surface area contributed by atoms with Crippen LogP contribution in [0.25, 0.3) is 0 Å². The van der Waals surface area contributed by atoms with Gasteiger partial charge < -0.3 is 10.4 Å². The number of aliphatic hydroxyl groups excluding tert-OH is 1. The van der Waals surface area contributed by atoms with Gasteiger partial charge in [-0.2, -0.15) is 13.2 Å². The van der Waals surface area contributed by atoms with Crippen LogP contribution >= 0.6 is 0 Å². The van der Waals surface area contributed by atoms with Crippen LogP contribution in [-0.4, -0.2) is 23.7 Å². The second-order valence-corrected chi connectivity index (χ2v) is 3.13. The van der Waals surface area contributed by atoms with E-state index in [4.69, 9.17) is 0 Å². The van der Waals surface area contributed by atoms with Gasteiger partial charge in [0.2, 0.25) is 0 Å². The van der Waals surface area contributed by atoms with Crippen LogP contribution in [0.1, 0.15) is 11.7 Å². The van der Waals surface area contributed by atoms with Crippen LogP contribution in [0.3, 0.4) is 0 Å². The van der Waals surface area contributed by atoms with E-state index in [2.05, 4.69) is 0 Å². The van der Waals surface area contributed by atoms with Crippen LogP contribution in [-0.2, 0) is 4.79 Å². The number of halogens is 3. The summed E-state index contributed by atoms with van der Waals surface area (Å²) in [5, 5.41) is 11.1. The Morgan fingerprint density at radius 3 is 2.38 bits per heavy atom. The summed E-state index contributed by atoms with van der Waals surface area (Å²) in [5.41, 5.74) is 0.449. The lowest BCUT2D eigenvalue weighted by Crippen LogP contribution is -2.38. The molecule has 0 heterocycles. The summed E-state index contributed by atoms with van der Waals surface area (Å²) in [6.07, 6.45) is -6.07. The van der Waals surface area contributed by atoms with Gasteiger partial charge in [0.15, 0.2) is 0 Å². The number of alkyl halides is 3. The number of hydrogen-bond acceptors (Lipinski definition) is 2. The Kier molecular flexibility index (Phi) is 3.89. The van der Waals surface area contributed by atoms with E-state index >= 15 is 0 Å². The predicted molar refractivity (Wildman–Crippen MR) is 50.5 cm³/mol. The third kappa shape index (κ3) is 3.54. The highest BCUT2D eigenvalue weighted by Gasteiger charge is 2.38. The largest absolute Gasteiger partial charge is 0.471 e. The molecule has 2 N–H and O–H groups in total. The lowest BCUT2D eigenvalue weighted by Gasteiger charge is -2.13. The van der Waals surface area contributed by atoms with Crippen molar-refractivity contribution in [2.45, 2.75) is 12.3 Å². The minimum absolute atomic E-state index is 0.449. The molecule has 0 radical (unpaired) electrons. The minimum atomic E-state index is -4.92. The van der Waals surface area contributed by atoms with Gasteiger partial charge in [-0.3, -0.25) is 4.79 Å². The van der Waals surface area contributed by atoms with Crippen molar-refractivity contribution >= 4 is 5.91 Å². The van der Waals surface area contributed by atoms with Crippen molar-refractivity contribution < 1.29 is 23.1 Å². The maximum absolute atomic E-state index is 11.8. The SMILES string of the molecule is O=C(NCC(O)c1ccccc1)C(F)(F)F. The Morgan fingerprint density at radius 2 is 1.88 bits per heavy atom. The molecule has 0 bridgehead atoms. The first kappa shape index (κ1) is 12.5. The second kappa shape index (κ2) is 4.98. The van der Waals surface area contributed by atoms with Gasteiger partial charge in [-0.15, -0.1) is 0 Å². The fourth-order valence-corrected chi connectivity index (χ4v) is 1.08. The van der Waals surface area contributed by atoms with Crippen molar-refractivity contribution in [3.8, 4) is 0 Å². The van der Waals surface area contributed by atoms with Gasteiger partial charge in [0.05, 0.1) is 6.10 Å². The van der Waals surface area contributed by atoms with Gasteiger partial charge in [0.1, 0.15) is 0 Å². The number of aliphatic hydroxyl groups is 1. The number of hydrogen-bond donors (Lipinski definition) is 2. The van der Waals surface area contributed by atoms with Crippen LogP contribution in [0.2, 0.25) is 0 Å². The van der Waals surface area contributed by atoms with E-state index in [1.54, 1.807) is 35.6 Å². The lowest BCUT2D eigenvalue weighted by molar-refractivity contribution is -0.174. The molecular weight excluding hydrogens is 223 g/mol. The summed E-state index contributed by atoms with van der Waals surface area (Å²) in [7, 11) is 0. The van der Waals surface area contributed by atoms with Gasteiger partial charge in [-0.1, -0.05) is 30.3 Å². The van der Waals surface area contributed by atoms with Crippen molar-refractivity contribution in [3.63, 3.8) is 0 Å². The third-order valence-corrected chi connectivity index (χ3v) is 1.90. The monoisotopic (exact) mass is 233 g/mol. The zero-order chi connectivity index (χ0) is 12.2. The van der Waals surface area contributed by atoms with Gasteiger partial charge in [0.25, 0.3) is 0 Å². The van der Waals surface area contributed by atoms with E-state index in [1.807, 2.05) is 0 Å². The van der Waals surface area contributed by atoms with Crippen molar-refractivity contribution in [2.75, 3.05) is 6.54 Å². The maximum atomic E-state index is 11.8. The summed E-state index contributed by atoms with van der Waals surface area (Å²) < 4.78 is 35.4. The fraction of sp³-hybridized carbons (Fsp3) is 0.300. The van der Waals surface area contributed by atoms with E-state index < -0.39 is 24.7 Å². The molecule has 1 unspecified atom stereocenters. The normalized spacial score (nSPS) is 13.2. The molecule has 0 fully saturated rings. The standard InChI is InChI=1S/C10H10F3NO2/c11-10(12,13)9(16)14-6-8(15)7-4-2-1-3-5-7/h1-5,8,15H,6H2,(H,14,16). The first-order chi connectivity index (χ1) is 7.41. The molecule has 0 aliphatic heterocycles.